The lowest BCUT2D eigenvalue weighted by Crippen LogP contribution is -2.51. The molecule has 0 fully saturated rings. The third-order valence-corrected chi connectivity index (χ3v) is 4.65. The number of nitrogens with zero attached hydrogens (tertiary/aromatic N) is 2. The third kappa shape index (κ3) is 1.54. The third-order valence-electron chi connectivity index (χ3n) is 4.65. The Kier molecular flexibility index (Phi) is 2.55. The van der Waals surface area contributed by atoms with E-state index < -0.39 is 5.41 Å². The zero-order valence-corrected chi connectivity index (χ0v) is 12.2. The zero-order valence-electron chi connectivity index (χ0n) is 12.2. The van der Waals surface area contributed by atoms with Crippen molar-refractivity contribution in [3.63, 3.8) is 0 Å². The lowest BCUT2D eigenvalue weighted by atomic mass is 9.73. The molecular weight excluding hydrogens is 276 g/mol. The molecule has 22 heavy (non-hydrogen) atoms. The number of carbonyl (C=O) groups excluding carboxylic acids is 1. The van der Waals surface area contributed by atoms with Crippen molar-refractivity contribution in [2.75, 3.05) is 18.6 Å². The monoisotopic (exact) mass is 290 g/mol. The first kappa shape index (κ1) is 12.9. The highest BCUT2D eigenvalue weighted by atomic mass is 16.5. The molecule has 0 radical (unpaired) electrons. The summed E-state index contributed by atoms with van der Waals surface area (Å²) in [6, 6.07) is 15.4. The summed E-state index contributed by atoms with van der Waals surface area (Å²) in [5, 5.41) is 9.12. The van der Waals surface area contributed by atoms with E-state index in [0.717, 1.165) is 22.6 Å². The van der Waals surface area contributed by atoms with Crippen LogP contribution in [-0.4, -0.2) is 19.6 Å². The van der Waals surface area contributed by atoms with Crippen molar-refractivity contribution in [2.45, 2.75) is 11.8 Å². The summed E-state index contributed by atoms with van der Waals surface area (Å²) in [5.74, 6) is 0.832. The van der Waals surface area contributed by atoms with E-state index in [1.807, 2.05) is 36.4 Å². The van der Waals surface area contributed by atoms with E-state index in [9.17, 15) is 4.79 Å². The Balaban J connectivity index is 1.91. The largest absolute Gasteiger partial charge is 0.492 e. The molecule has 0 saturated heterocycles. The number of ether oxygens (including phenoxy) is 1. The second-order valence-electron chi connectivity index (χ2n) is 5.86. The highest BCUT2D eigenvalue weighted by Gasteiger charge is 2.51. The molecule has 4 nitrogen and oxygen atoms in total. The molecule has 0 aliphatic carbocycles. The Morgan fingerprint density at radius 1 is 1.27 bits per heavy atom. The Morgan fingerprint density at radius 2 is 2.09 bits per heavy atom. The number of likely N-dealkylation sites (N-methyl/N-ethyl adjacent to an activating group) is 1. The number of nitriles is 1. The number of carbonyl (C=O) groups is 1. The number of rotatable bonds is 0. The van der Waals surface area contributed by atoms with Crippen LogP contribution < -0.4 is 9.64 Å². The molecule has 0 aromatic heterocycles. The van der Waals surface area contributed by atoms with Crippen LogP contribution in [0.5, 0.6) is 5.75 Å². The van der Waals surface area contributed by atoms with Crippen molar-refractivity contribution in [3.05, 3.63) is 59.2 Å². The highest BCUT2D eigenvalue weighted by Crippen LogP contribution is 2.46. The van der Waals surface area contributed by atoms with E-state index in [1.165, 1.54) is 0 Å². The van der Waals surface area contributed by atoms with Crippen molar-refractivity contribution in [1.82, 2.24) is 0 Å². The number of amides is 1. The SMILES string of the molecule is CN1C(=O)C2(COc3ccccc32)Cc2cc(C#N)ccc21. The molecular formula is C18H14N2O2. The van der Waals surface area contributed by atoms with Gasteiger partial charge in [0.2, 0.25) is 5.91 Å². The van der Waals surface area contributed by atoms with Crippen LogP contribution in [0.1, 0.15) is 16.7 Å². The molecule has 0 N–H and O–H groups in total. The van der Waals surface area contributed by atoms with E-state index >= 15 is 0 Å². The van der Waals surface area contributed by atoms with Crippen LogP contribution in [0.3, 0.4) is 0 Å². The zero-order chi connectivity index (χ0) is 15.3. The Morgan fingerprint density at radius 3 is 2.91 bits per heavy atom. The predicted molar refractivity (Wildman–Crippen MR) is 81.9 cm³/mol. The number of hydrogen-bond donors (Lipinski definition) is 0. The summed E-state index contributed by atoms with van der Waals surface area (Å²) in [6.45, 7) is 0.353. The summed E-state index contributed by atoms with van der Waals surface area (Å²) in [7, 11) is 1.79. The van der Waals surface area contributed by atoms with Crippen LogP contribution in [0.25, 0.3) is 0 Å². The summed E-state index contributed by atoms with van der Waals surface area (Å²) < 4.78 is 5.77. The Hall–Kier alpha value is -2.80. The van der Waals surface area contributed by atoms with Crippen molar-refractivity contribution >= 4 is 11.6 Å². The second-order valence-corrected chi connectivity index (χ2v) is 5.86. The average Bonchev–Trinajstić information content (AvgIpc) is 2.92. The van der Waals surface area contributed by atoms with Crippen molar-refractivity contribution < 1.29 is 9.53 Å². The van der Waals surface area contributed by atoms with Gasteiger partial charge in [-0.3, -0.25) is 4.79 Å². The fraction of sp³-hybridized carbons (Fsp3) is 0.222. The maximum atomic E-state index is 13.0. The standard InChI is InChI=1S/C18H14N2O2/c1-20-15-7-6-12(10-19)8-13(15)9-18(17(20)21)11-22-16-5-3-2-4-14(16)18/h2-8H,9,11H2,1H3. The first-order valence-electron chi connectivity index (χ1n) is 7.19. The van der Waals surface area contributed by atoms with E-state index in [0.29, 0.717) is 18.6 Å². The highest BCUT2D eigenvalue weighted by molar-refractivity contribution is 6.04. The fourth-order valence-electron chi connectivity index (χ4n) is 3.54. The molecule has 2 aliphatic heterocycles. The smallest absolute Gasteiger partial charge is 0.241 e. The molecule has 2 aromatic carbocycles. The number of benzene rings is 2. The van der Waals surface area contributed by atoms with Gasteiger partial charge < -0.3 is 9.64 Å². The van der Waals surface area contributed by atoms with Crippen LogP contribution >= 0.6 is 0 Å². The van der Waals surface area contributed by atoms with Gasteiger partial charge in [-0.2, -0.15) is 5.26 Å². The van der Waals surface area contributed by atoms with Gasteiger partial charge in [-0.1, -0.05) is 18.2 Å². The molecule has 1 atom stereocenters. The van der Waals surface area contributed by atoms with Crippen LogP contribution in [0.2, 0.25) is 0 Å². The quantitative estimate of drug-likeness (QED) is 0.748. The van der Waals surface area contributed by atoms with Gasteiger partial charge in [-0.05, 0) is 36.2 Å². The van der Waals surface area contributed by atoms with Gasteiger partial charge in [-0.15, -0.1) is 0 Å². The molecule has 1 amide bonds. The Bertz CT molecular complexity index is 837. The Labute approximate surface area is 128 Å². The number of fused-ring (bicyclic) bond motifs is 3. The van der Waals surface area contributed by atoms with E-state index in [-0.39, 0.29) is 5.91 Å². The first-order chi connectivity index (χ1) is 10.7. The molecule has 2 aliphatic rings. The lowest BCUT2D eigenvalue weighted by molar-refractivity contribution is -0.124. The summed E-state index contributed by atoms with van der Waals surface area (Å²) in [4.78, 5) is 14.7. The van der Waals surface area contributed by atoms with Gasteiger partial charge in [0, 0.05) is 18.3 Å². The van der Waals surface area contributed by atoms with Crippen molar-refractivity contribution in [1.29, 1.82) is 5.26 Å². The summed E-state index contributed by atoms with van der Waals surface area (Å²) >= 11 is 0. The van der Waals surface area contributed by atoms with Crippen LogP contribution in [0, 0.1) is 11.3 Å². The summed E-state index contributed by atoms with van der Waals surface area (Å²) in [5.41, 5.74) is 2.77. The topological polar surface area (TPSA) is 53.3 Å². The minimum Gasteiger partial charge on any atom is -0.492 e. The summed E-state index contributed by atoms with van der Waals surface area (Å²) in [6.07, 6.45) is 0.568. The van der Waals surface area contributed by atoms with Gasteiger partial charge in [0.05, 0.1) is 11.6 Å². The van der Waals surface area contributed by atoms with E-state index in [4.69, 9.17) is 10.00 Å². The molecule has 2 heterocycles. The maximum Gasteiger partial charge on any atom is 0.241 e. The number of anilines is 1. The molecule has 0 saturated carbocycles. The van der Waals surface area contributed by atoms with E-state index in [2.05, 4.69) is 6.07 Å². The predicted octanol–water partition coefficient (Wildman–Crippen LogP) is 2.41. The van der Waals surface area contributed by atoms with Gasteiger partial charge in [0.15, 0.2) is 0 Å². The molecule has 1 spiro atoms. The number of hydrogen-bond acceptors (Lipinski definition) is 3. The molecule has 4 rings (SSSR count). The minimum atomic E-state index is -0.674. The van der Waals surface area contributed by atoms with Crippen molar-refractivity contribution in [2.24, 2.45) is 0 Å². The molecule has 2 aromatic rings. The van der Waals surface area contributed by atoms with Gasteiger partial charge >= 0.3 is 0 Å². The maximum absolute atomic E-state index is 13.0. The second kappa shape index (κ2) is 4.35. The molecule has 4 heteroatoms. The minimum absolute atomic E-state index is 0.0506. The first-order valence-corrected chi connectivity index (χ1v) is 7.19. The average molecular weight is 290 g/mol. The van der Waals surface area contributed by atoms with Crippen LogP contribution in [0.15, 0.2) is 42.5 Å². The van der Waals surface area contributed by atoms with E-state index in [1.54, 1.807) is 18.0 Å². The van der Waals surface area contributed by atoms with Gasteiger partial charge in [0.25, 0.3) is 0 Å². The number of para-hydroxylation sites is 1. The normalized spacial score (nSPS) is 22.0. The lowest BCUT2D eigenvalue weighted by Gasteiger charge is -2.38. The fourth-order valence-corrected chi connectivity index (χ4v) is 3.54. The van der Waals surface area contributed by atoms with Gasteiger partial charge in [-0.25, -0.2) is 0 Å². The molecule has 0 bridgehead atoms. The van der Waals surface area contributed by atoms with Crippen molar-refractivity contribution in [3.8, 4) is 11.8 Å². The molecule has 108 valence electrons. The van der Waals surface area contributed by atoms with Crippen LogP contribution in [-0.2, 0) is 16.6 Å². The van der Waals surface area contributed by atoms with Gasteiger partial charge in [0.1, 0.15) is 17.8 Å². The molecule has 1 unspecified atom stereocenters. The van der Waals surface area contributed by atoms with Crippen LogP contribution in [0.4, 0.5) is 5.69 Å².